The van der Waals surface area contributed by atoms with Gasteiger partial charge < -0.3 is 10.6 Å². The zero-order chi connectivity index (χ0) is 18.5. The molecule has 2 radical (unpaired) electrons. The summed E-state index contributed by atoms with van der Waals surface area (Å²) in [6.45, 7) is 4.03. The quantitative estimate of drug-likeness (QED) is 0.360. The predicted molar refractivity (Wildman–Crippen MR) is 104 cm³/mol. The summed E-state index contributed by atoms with van der Waals surface area (Å²) in [4.78, 5) is 8.70. The van der Waals surface area contributed by atoms with Crippen LogP contribution in [-0.4, -0.2) is 54.8 Å². The van der Waals surface area contributed by atoms with Gasteiger partial charge in [-0.1, -0.05) is 17.6 Å². The Kier molecular flexibility index (Phi) is 6.16. The van der Waals surface area contributed by atoms with Crippen LogP contribution in [0.1, 0.15) is 11.1 Å². The van der Waals surface area contributed by atoms with Gasteiger partial charge in [0, 0.05) is 44.7 Å². The van der Waals surface area contributed by atoms with Gasteiger partial charge in [0.25, 0.3) is 0 Å². The molecular formula is C18H21BFN5S. The van der Waals surface area contributed by atoms with Crippen molar-refractivity contribution in [2.75, 3.05) is 26.2 Å². The van der Waals surface area contributed by atoms with Crippen LogP contribution in [0.3, 0.4) is 0 Å². The van der Waals surface area contributed by atoms with E-state index in [-0.39, 0.29) is 11.8 Å². The van der Waals surface area contributed by atoms with Crippen molar-refractivity contribution < 1.29 is 4.39 Å². The van der Waals surface area contributed by atoms with Crippen LogP contribution in [0.4, 0.5) is 4.39 Å². The fourth-order valence-electron chi connectivity index (χ4n) is 2.91. The molecule has 1 saturated heterocycles. The summed E-state index contributed by atoms with van der Waals surface area (Å²) in [5.41, 5.74) is 8.06. The Balaban J connectivity index is 1.63. The van der Waals surface area contributed by atoms with Crippen LogP contribution in [0.25, 0.3) is 0 Å². The normalized spacial score (nSPS) is 15.2. The van der Waals surface area contributed by atoms with E-state index in [0.717, 1.165) is 48.9 Å². The van der Waals surface area contributed by atoms with E-state index < -0.39 is 0 Å². The first-order valence-corrected chi connectivity index (χ1v) is 9.43. The van der Waals surface area contributed by atoms with E-state index in [9.17, 15) is 4.39 Å². The van der Waals surface area contributed by atoms with Crippen molar-refractivity contribution >= 4 is 31.0 Å². The summed E-state index contributed by atoms with van der Waals surface area (Å²) in [6.07, 6.45) is 1.77. The lowest BCUT2D eigenvalue weighted by molar-refractivity contribution is 0.172. The third kappa shape index (κ3) is 4.77. The van der Waals surface area contributed by atoms with Crippen molar-refractivity contribution in [3.8, 4) is 0 Å². The molecule has 0 unspecified atom stereocenters. The number of nitrogens with one attached hydrogen (secondary N) is 1. The van der Waals surface area contributed by atoms with Crippen molar-refractivity contribution in [2.24, 2.45) is 5.73 Å². The molecule has 2 heterocycles. The summed E-state index contributed by atoms with van der Waals surface area (Å²) in [5, 5.41) is 8.45. The van der Waals surface area contributed by atoms with Crippen LogP contribution in [0.15, 0.2) is 41.6 Å². The molecule has 1 aliphatic heterocycles. The summed E-state index contributed by atoms with van der Waals surface area (Å²) < 4.78 is 13.4. The van der Waals surface area contributed by atoms with Crippen LogP contribution in [0, 0.1) is 11.2 Å². The number of hydrogen-bond donors (Lipinski definition) is 2. The highest BCUT2D eigenvalue weighted by Gasteiger charge is 2.19. The van der Waals surface area contributed by atoms with Gasteiger partial charge in [-0.2, -0.15) is 0 Å². The fourth-order valence-corrected chi connectivity index (χ4v) is 3.90. The predicted octanol–water partition coefficient (Wildman–Crippen LogP) is 1.32. The Morgan fingerprint density at radius 1 is 1.23 bits per heavy atom. The van der Waals surface area contributed by atoms with Gasteiger partial charge >= 0.3 is 0 Å². The molecule has 1 aliphatic rings. The standard InChI is InChI=1S/C18H21BFN5S/c19-16-4-3-15(20)10-14(16)12-26-17-13(2-1-5-23-17)11-24-6-8-25(9-7-24)18(21)22/h1-5,10H,6-9,11-12H2,(H3,21,22). The zero-order valence-electron chi connectivity index (χ0n) is 14.5. The van der Waals surface area contributed by atoms with Gasteiger partial charge in [-0.3, -0.25) is 10.3 Å². The number of thioether (sulfide) groups is 1. The van der Waals surface area contributed by atoms with Crippen LogP contribution in [0.5, 0.6) is 0 Å². The molecule has 1 aromatic heterocycles. The van der Waals surface area contributed by atoms with Crippen LogP contribution < -0.4 is 11.2 Å². The molecule has 3 rings (SSSR count). The Labute approximate surface area is 158 Å². The summed E-state index contributed by atoms with van der Waals surface area (Å²) >= 11 is 1.57. The minimum Gasteiger partial charge on any atom is -0.370 e. The maximum atomic E-state index is 13.4. The van der Waals surface area contributed by atoms with E-state index >= 15 is 0 Å². The maximum absolute atomic E-state index is 13.4. The number of nitrogens with zero attached hydrogens (tertiary/aromatic N) is 3. The topological polar surface area (TPSA) is 69.2 Å². The zero-order valence-corrected chi connectivity index (χ0v) is 15.3. The minimum atomic E-state index is -0.278. The highest BCUT2D eigenvalue weighted by molar-refractivity contribution is 7.98. The SMILES string of the molecule is [B]c1ccc(F)cc1CSc1ncccc1CN1CCN(C(=N)N)CC1. The highest BCUT2D eigenvalue weighted by Crippen LogP contribution is 2.25. The smallest absolute Gasteiger partial charge is 0.188 e. The van der Waals surface area contributed by atoms with Gasteiger partial charge in [0.1, 0.15) is 18.7 Å². The molecule has 0 spiro atoms. The van der Waals surface area contributed by atoms with Crippen LogP contribution >= 0.6 is 11.8 Å². The van der Waals surface area contributed by atoms with E-state index in [1.54, 1.807) is 24.0 Å². The molecule has 1 fully saturated rings. The number of halogens is 1. The van der Waals surface area contributed by atoms with E-state index in [4.69, 9.17) is 19.0 Å². The highest BCUT2D eigenvalue weighted by atomic mass is 32.2. The summed E-state index contributed by atoms with van der Waals surface area (Å²) in [6, 6.07) is 8.45. The molecule has 0 saturated carbocycles. The average Bonchev–Trinajstić information content (AvgIpc) is 2.64. The number of rotatable bonds is 5. The molecule has 26 heavy (non-hydrogen) atoms. The molecule has 5 nitrogen and oxygen atoms in total. The lowest BCUT2D eigenvalue weighted by Gasteiger charge is -2.35. The number of pyridine rings is 1. The molecule has 0 bridgehead atoms. The first kappa shape index (κ1) is 18.7. The van der Waals surface area contributed by atoms with Crippen LogP contribution in [-0.2, 0) is 12.3 Å². The number of nitrogens with two attached hydrogens (primary N) is 1. The van der Waals surface area contributed by atoms with E-state index in [1.165, 1.54) is 12.1 Å². The summed E-state index contributed by atoms with van der Waals surface area (Å²) in [7, 11) is 5.94. The first-order chi connectivity index (χ1) is 12.5. The number of guanidine groups is 1. The van der Waals surface area contributed by atoms with Crippen molar-refractivity contribution in [2.45, 2.75) is 17.3 Å². The second-order valence-electron chi connectivity index (χ2n) is 6.25. The lowest BCUT2D eigenvalue weighted by atomic mass is 9.91. The molecule has 1 aromatic carbocycles. The summed E-state index contributed by atoms with van der Waals surface area (Å²) in [5.74, 6) is 0.431. The van der Waals surface area contributed by atoms with E-state index in [1.807, 2.05) is 11.0 Å². The van der Waals surface area contributed by atoms with E-state index in [0.29, 0.717) is 11.2 Å². The molecule has 3 N–H and O–H groups in total. The Hall–Kier alpha value is -2.06. The van der Waals surface area contributed by atoms with Crippen molar-refractivity contribution in [1.82, 2.24) is 14.8 Å². The first-order valence-electron chi connectivity index (χ1n) is 8.45. The van der Waals surface area contributed by atoms with Crippen molar-refractivity contribution in [3.05, 3.63) is 53.5 Å². The monoisotopic (exact) mass is 369 g/mol. The number of aromatic nitrogens is 1. The Morgan fingerprint density at radius 3 is 2.73 bits per heavy atom. The lowest BCUT2D eigenvalue weighted by Crippen LogP contribution is -2.50. The fraction of sp³-hybridized carbons (Fsp3) is 0.333. The van der Waals surface area contributed by atoms with Crippen molar-refractivity contribution in [1.29, 1.82) is 5.41 Å². The average molecular weight is 369 g/mol. The van der Waals surface area contributed by atoms with E-state index in [2.05, 4.69) is 16.0 Å². The van der Waals surface area contributed by atoms with Gasteiger partial charge in [-0.05, 0) is 29.3 Å². The van der Waals surface area contributed by atoms with Gasteiger partial charge in [0.05, 0.1) is 0 Å². The second-order valence-corrected chi connectivity index (χ2v) is 7.21. The molecule has 8 heteroatoms. The molecule has 2 aromatic rings. The molecule has 0 atom stereocenters. The Morgan fingerprint density at radius 2 is 2.00 bits per heavy atom. The third-order valence-corrected chi connectivity index (χ3v) is 5.52. The van der Waals surface area contributed by atoms with Gasteiger partial charge in [-0.25, -0.2) is 9.37 Å². The van der Waals surface area contributed by atoms with Crippen LogP contribution in [0.2, 0.25) is 0 Å². The maximum Gasteiger partial charge on any atom is 0.188 e. The van der Waals surface area contributed by atoms with Crippen molar-refractivity contribution in [3.63, 3.8) is 0 Å². The third-order valence-electron chi connectivity index (χ3n) is 4.43. The Bertz CT molecular complexity index is 780. The number of benzene rings is 1. The molecule has 0 amide bonds. The second kappa shape index (κ2) is 8.55. The number of hydrogen-bond acceptors (Lipinski definition) is 4. The van der Waals surface area contributed by atoms with Gasteiger partial charge in [-0.15, -0.1) is 11.8 Å². The molecule has 0 aliphatic carbocycles. The minimum absolute atomic E-state index is 0.134. The molecule has 134 valence electrons. The molecular weight excluding hydrogens is 348 g/mol. The number of piperazine rings is 1. The largest absolute Gasteiger partial charge is 0.370 e. The van der Waals surface area contributed by atoms with Gasteiger partial charge in [0.15, 0.2) is 5.96 Å². The van der Waals surface area contributed by atoms with Gasteiger partial charge in [0.2, 0.25) is 0 Å².